The molecule has 0 aromatic heterocycles. The molecule has 218 valence electrons. The van der Waals surface area contributed by atoms with E-state index in [0.29, 0.717) is 17.8 Å². The van der Waals surface area contributed by atoms with Crippen LogP contribution in [0.15, 0.2) is 109 Å². The van der Waals surface area contributed by atoms with Gasteiger partial charge < -0.3 is 0 Å². The van der Waals surface area contributed by atoms with E-state index < -0.39 is 17.8 Å². The molecule has 0 radical (unpaired) electrons. The Morgan fingerprint density at radius 3 is 1.41 bits per heavy atom. The molecule has 6 nitrogen and oxygen atoms in total. The van der Waals surface area contributed by atoms with Gasteiger partial charge in [0, 0.05) is 12.3 Å². The fourth-order valence-electron chi connectivity index (χ4n) is 8.54. The molecule has 2 aliphatic heterocycles. The first-order valence-electron chi connectivity index (χ1n) is 15.5. The third-order valence-electron chi connectivity index (χ3n) is 10.4. The maximum absolute atomic E-state index is 14.0. The van der Waals surface area contributed by atoms with Gasteiger partial charge >= 0.3 is 0 Å². The van der Waals surface area contributed by atoms with E-state index in [1.807, 2.05) is 84.9 Å². The van der Waals surface area contributed by atoms with Crippen molar-refractivity contribution in [1.29, 1.82) is 0 Å². The zero-order valence-corrected chi connectivity index (χ0v) is 24.2. The van der Waals surface area contributed by atoms with Crippen LogP contribution in [0.25, 0.3) is 0 Å². The van der Waals surface area contributed by atoms with Gasteiger partial charge in [0.25, 0.3) is 0 Å². The number of anilines is 2. The molecular weight excluding hydrogens is 548 g/mol. The van der Waals surface area contributed by atoms with Crippen LogP contribution in [0.4, 0.5) is 11.4 Å². The second kappa shape index (κ2) is 10.4. The van der Waals surface area contributed by atoms with Crippen molar-refractivity contribution in [2.75, 3.05) is 9.80 Å². The number of carbonyl (C=O) groups is 4. The molecule has 2 bridgehead atoms. The largest absolute Gasteiger partial charge is 0.274 e. The summed E-state index contributed by atoms with van der Waals surface area (Å²) < 4.78 is 0. The molecular formula is C38H32N2O4. The van der Waals surface area contributed by atoms with Gasteiger partial charge in [0.15, 0.2) is 0 Å². The average molecular weight is 581 g/mol. The number of piperidine rings is 1. The average Bonchev–Trinajstić information content (AvgIpc) is 3.68. The molecule has 2 saturated heterocycles. The maximum atomic E-state index is 14.0. The Hall–Kier alpha value is -4.84. The van der Waals surface area contributed by atoms with Gasteiger partial charge in [0.2, 0.25) is 23.6 Å². The second-order valence-electron chi connectivity index (χ2n) is 12.7. The van der Waals surface area contributed by atoms with Crippen LogP contribution in [0.3, 0.4) is 0 Å². The summed E-state index contributed by atoms with van der Waals surface area (Å²) in [7, 11) is 0. The van der Waals surface area contributed by atoms with Crippen molar-refractivity contribution in [3.63, 3.8) is 0 Å². The molecule has 0 spiro atoms. The van der Waals surface area contributed by atoms with Crippen LogP contribution in [0.1, 0.15) is 35.1 Å². The Kier molecular flexibility index (Phi) is 6.33. The minimum Gasteiger partial charge on any atom is -0.274 e. The number of nitrogens with zero attached hydrogens (tertiary/aromatic N) is 2. The molecule has 4 aromatic rings. The van der Waals surface area contributed by atoms with Crippen molar-refractivity contribution >= 4 is 35.0 Å². The lowest BCUT2D eigenvalue weighted by Crippen LogP contribution is -2.54. The first kappa shape index (κ1) is 26.8. The third-order valence-corrected chi connectivity index (χ3v) is 10.4. The quantitative estimate of drug-likeness (QED) is 0.270. The molecule has 4 aliphatic rings. The molecule has 6 unspecified atom stereocenters. The summed E-state index contributed by atoms with van der Waals surface area (Å²) in [4.78, 5) is 57.7. The van der Waals surface area contributed by atoms with E-state index in [1.165, 1.54) is 20.9 Å². The SMILES string of the molecule is O=C1CC2C3CC(C2C(=O)N1c1ccc(Cc2ccccc2)cc1)C1C(=O)N(c2ccc(Cc4ccccc4)cc2)C(=O)C31. The Labute approximate surface area is 256 Å². The third kappa shape index (κ3) is 4.23. The number of rotatable bonds is 6. The van der Waals surface area contributed by atoms with Crippen LogP contribution in [0.5, 0.6) is 0 Å². The van der Waals surface area contributed by atoms with Gasteiger partial charge in [-0.1, -0.05) is 84.9 Å². The highest BCUT2D eigenvalue weighted by molar-refractivity contribution is 6.24. The molecule has 0 N–H and O–H groups in total. The van der Waals surface area contributed by atoms with Crippen molar-refractivity contribution in [2.24, 2.45) is 35.5 Å². The van der Waals surface area contributed by atoms with Crippen LogP contribution < -0.4 is 9.80 Å². The lowest BCUT2D eigenvalue weighted by atomic mass is 9.66. The lowest BCUT2D eigenvalue weighted by molar-refractivity contribution is -0.140. The molecule has 44 heavy (non-hydrogen) atoms. The van der Waals surface area contributed by atoms with Crippen LogP contribution >= 0.6 is 0 Å². The fourth-order valence-corrected chi connectivity index (χ4v) is 8.54. The molecule has 6 heteroatoms. The standard InChI is InChI=1S/C38H32N2O4/c41-32-22-30-29-21-31(33(30)36(42)39(32)27-15-11-25(12-16-27)19-23-7-3-1-4-8-23)35-34(29)37(43)40(38(35)44)28-17-13-26(14-18-28)20-24-9-5-2-6-10-24/h1-18,29-31,33-35H,19-22H2. The molecule has 8 rings (SSSR count). The molecule has 4 fully saturated rings. The van der Waals surface area contributed by atoms with Gasteiger partial charge in [-0.15, -0.1) is 0 Å². The second-order valence-corrected chi connectivity index (χ2v) is 12.7. The van der Waals surface area contributed by atoms with Crippen molar-refractivity contribution in [1.82, 2.24) is 0 Å². The molecule has 2 saturated carbocycles. The normalized spacial score (nSPS) is 27.2. The highest BCUT2D eigenvalue weighted by Gasteiger charge is 2.70. The topological polar surface area (TPSA) is 74.8 Å². The lowest BCUT2D eigenvalue weighted by Gasteiger charge is -2.41. The van der Waals surface area contributed by atoms with Crippen LogP contribution in [-0.4, -0.2) is 23.6 Å². The first-order valence-corrected chi connectivity index (χ1v) is 15.5. The van der Waals surface area contributed by atoms with Gasteiger partial charge in [-0.2, -0.15) is 0 Å². The Balaban J connectivity index is 1.01. The Morgan fingerprint density at radius 1 is 0.455 bits per heavy atom. The zero-order valence-electron chi connectivity index (χ0n) is 24.2. The molecule has 6 atom stereocenters. The number of hydrogen-bond donors (Lipinski definition) is 0. The van der Waals surface area contributed by atoms with E-state index in [2.05, 4.69) is 24.3 Å². The van der Waals surface area contributed by atoms with E-state index in [4.69, 9.17) is 0 Å². The predicted octanol–water partition coefficient (Wildman–Crippen LogP) is 5.82. The number of benzene rings is 4. The number of amides is 4. The van der Waals surface area contributed by atoms with Crippen molar-refractivity contribution in [3.8, 4) is 0 Å². The minimum absolute atomic E-state index is 0.128. The zero-order chi connectivity index (χ0) is 29.9. The summed E-state index contributed by atoms with van der Waals surface area (Å²) in [5.41, 5.74) is 5.73. The number of hydrogen-bond acceptors (Lipinski definition) is 4. The van der Waals surface area contributed by atoms with E-state index in [0.717, 1.165) is 24.0 Å². The highest BCUT2D eigenvalue weighted by Crippen LogP contribution is 2.64. The molecule has 4 aromatic carbocycles. The van der Waals surface area contributed by atoms with Crippen molar-refractivity contribution < 1.29 is 19.2 Å². The van der Waals surface area contributed by atoms with Gasteiger partial charge in [-0.05, 0) is 83.5 Å². The van der Waals surface area contributed by atoms with E-state index >= 15 is 0 Å². The summed E-state index contributed by atoms with van der Waals surface area (Å²) >= 11 is 0. The van der Waals surface area contributed by atoms with Crippen molar-refractivity contribution in [2.45, 2.75) is 25.7 Å². The molecule has 2 aliphatic carbocycles. The van der Waals surface area contributed by atoms with Crippen LogP contribution in [0.2, 0.25) is 0 Å². The van der Waals surface area contributed by atoms with E-state index in [9.17, 15) is 19.2 Å². The van der Waals surface area contributed by atoms with Crippen LogP contribution in [-0.2, 0) is 32.0 Å². The van der Waals surface area contributed by atoms with Gasteiger partial charge in [-0.25, -0.2) is 0 Å². The fraction of sp³-hybridized carbons (Fsp3) is 0.263. The van der Waals surface area contributed by atoms with Gasteiger partial charge in [-0.3, -0.25) is 29.0 Å². The van der Waals surface area contributed by atoms with E-state index in [1.54, 1.807) is 0 Å². The Bertz CT molecular complexity index is 1680. The minimum atomic E-state index is -0.509. The summed E-state index contributed by atoms with van der Waals surface area (Å²) in [5.74, 6) is -2.77. The maximum Gasteiger partial charge on any atom is 0.237 e. The van der Waals surface area contributed by atoms with E-state index in [-0.39, 0.29) is 47.8 Å². The molecule has 4 amide bonds. The van der Waals surface area contributed by atoms with Gasteiger partial charge in [0.1, 0.15) is 0 Å². The van der Waals surface area contributed by atoms with Crippen molar-refractivity contribution in [3.05, 3.63) is 131 Å². The smallest absolute Gasteiger partial charge is 0.237 e. The molecule has 2 heterocycles. The number of imide groups is 2. The monoisotopic (exact) mass is 580 g/mol. The summed E-state index contributed by atoms with van der Waals surface area (Å²) in [6, 6.07) is 35.6. The van der Waals surface area contributed by atoms with Crippen LogP contribution in [0, 0.1) is 35.5 Å². The summed E-state index contributed by atoms with van der Waals surface area (Å²) in [6.07, 6.45) is 2.41. The predicted molar refractivity (Wildman–Crippen MR) is 167 cm³/mol. The Morgan fingerprint density at radius 2 is 0.886 bits per heavy atom. The highest BCUT2D eigenvalue weighted by atomic mass is 16.2. The number of carbonyl (C=O) groups excluding carboxylic acids is 4. The summed E-state index contributed by atoms with van der Waals surface area (Å²) in [5, 5.41) is 0. The first-order chi connectivity index (χ1) is 21.5. The summed E-state index contributed by atoms with van der Waals surface area (Å²) in [6.45, 7) is 0. The van der Waals surface area contributed by atoms with Gasteiger partial charge in [0.05, 0.1) is 23.2 Å². The number of fused-ring (bicyclic) bond motifs is 8.